The lowest BCUT2D eigenvalue weighted by Gasteiger charge is -2.14. The van der Waals surface area contributed by atoms with Crippen molar-refractivity contribution in [2.24, 2.45) is 0 Å². The van der Waals surface area contributed by atoms with Crippen LogP contribution < -0.4 is 5.32 Å². The van der Waals surface area contributed by atoms with Gasteiger partial charge in [-0.1, -0.05) is 28.1 Å². The summed E-state index contributed by atoms with van der Waals surface area (Å²) in [6, 6.07) is 7.96. The van der Waals surface area contributed by atoms with Crippen LogP contribution in [0.5, 0.6) is 0 Å². The van der Waals surface area contributed by atoms with Crippen molar-refractivity contribution in [3.8, 4) is 0 Å². The van der Waals surface area contributed by atoms with Gasteiger partial charge in [0.05, 0.1) is 12.4 Å². The van der Waals surface area contributed by atoms with Crippen molar-refractivity contribution in [2.75, 3.05) is 0 Å². The number of carbonyl (C=O) groups excluding carboxylic acids is 1. The van der Waals surface area contributed by atoms with Crippen molar-refractivity contribution in [1.82, 2.24) is 14.9 Å². The smallest absolute Gasteiger partial charge is 0.222 e. The zero-order valence-corrected chi connectivity index (χ0v) is 12.3. The number of hydrogen-bond donors (Lipinski definition) is 1. The molecule has 1 heterocycles. The number of imidazole rings is 1. The molecule has 2 rings (SSSR count). The molecule has 1 N–H and O–H groups in total. The number of halogens is 1. The van der Waals surface area contributed by atoms with Crippen LogP contribution in [0.4, 0.5) is 0 Å². The Kier molecular flexibility index (Phi) is 4.74. The summed E-state index contributed by atoms with van der Waals surface area (Å²) in [5.41, 5.74) is 1.09. The molecule has 0 aliphatic heterocycles. The third-order valence-electron chi connectivity index (χ3n) is 2.88. The van der Waals surface area contributed by atoms with Gasteiger partial charge in [-0.25, -0.2) is 4.98 Å². The van der Waals surface area contributed by atoms with Crippen molar-refractivity contribution in [2.45, 2.75) is 25.9 Å². The Labute approximate surface area is 121 Å². The van der Waals surface area contributed by atoms with Crippen LogP contribution in [0.25, 0.3) is 0 Å². The maximum Gasteiger partial charge on any atom is 0.222 e. The van der Waals surface area contributed by atoms with Crippen LogP contribution in [-0.2, 0) is 11.3 Å². The second kappa shape index (κ2) is 6.52. The molecule has 0 spiro atoms. The summed E-state index contributed by atoms with van der Waals surface area (Å²) >= 11 is 3.43. The molecule has 2 aromatic rings. The second-order valence-electron chi connectivity index (χ2n) is 4.39. The van der Waals surface area contributed by atoms with Crippen molar-refractivity contribution in [1.29, 1.82) is 0 Å². The Bertz CT molecular complexity index is 539. The van der Waals surface area contributed by atoms with Crippen LogP contribution in [0.15, 0.2) is 47.5 Å². The summed E-state index contributed by atoms with van der Waals surface area (Å²) in [5, 5.41) is 2.99. The molecule has 100 valence electrons. The van der Waals surface area contributed by atoms with Gasteiger partial charge in [-0.15, -0.1) is 0 Å². The van der Waals surface area contributed by atoms with Gasteiger partial charge < -0.3 is 9.88 Å². The maximum absolute atomic E-state index is 11.9. The first-order valence-corrected chi connectivity index (χ1v) is 6.95. The minimum atomic E-state index is 0.00721. The molecule has 1 aromatic carbocycles. The monoisotopic (exact) mass is 321 g/mol. The lowest BCUT2D eigenvalue weighted by atomic mass is 10.1. The van der Waals surface area contributed by atoms with Gasteiger partial charge in [-0.05, 0) is 24.6 Å². The van der Waals surface area contributed by atoms with Gasteiger partial charge in [0.25, 0.3) is 0 Å². The third kappa shape index (κ3) is 4.21. The number of hydrogen-bond acceptors (Lipinski definition) is 2. The molecule has 0 aliphatic rings. The standard InChI is InChI=1S/C14H16BrN3O/c1-11(12-3-2-4-13(15)9-12)17-14(19)5-7-18-8-6-16-10-18/h2-4,6,8-11H,5,7H2,1H3,(H,17,19). The molecule has 4 nitrogen and oxygen atoms in total. The summed E-state index contributed by atoms with van der Waals surface area (Å²) in [5.74, 6) is 0.0428. The summed E-state index contributed by atoms with van der Waals surface area (Å²) in [7, 11) is 0. The van der Waals surface area contributed by atoms with E-state index in [2.05, 4.69) is 26.2 Å². The molecule has 19 heavy (non-hydrogen) atoms. The Balaban J connectivity index is 1.84. The van der Waals surface area contributed by atoms with Gasteiger partial charge in [0.15, 0.2) is 0 Å². The maximum atomic E-state index is 11.9. The fourth-order valence-corrected chi connectivity index (χ4v) is 2.24. The molecule has 0 fully saturated rings. The number of aromatic nitrogens is 2. The number of aryl methyl sites for hydroxylation is 1. The van der Waals surface area contributed by atoms with Crippen LogP contribution in [-0.4, -0.2) is 15.5 Å². The minimum absolute atomic E-state index is 0.00721. The summed E-state index contributed by atoms with van der Waals surface area (Å²) in [4.78, 5) is 15.8. The summed E-state index contributed by atoms with van der Waals surface area (Å²) < 4.78 is 2.91. The quantitative estimate of drug-likeness (QED) is 0.920. The van der Waals surface area contributed by atoms with Gasteiger partial charge >= 0.3 is 0 Å². The van der Waals surface area contributed by atoms with E-state index in [0.29, 0.717) is 13.0 Å². The zero-order valence-electron chi connectivity index (χ0n) is 10.7. The van der Waals surface area contributed by atoms with Crippen molar-refractivity contribution >= 4 is 21.8 Å². The van der Waals surface area contributed by atoms with E-state index in [9.17, 15) is 4.79 Å². The first kappa shape index (κ1) is 13.8. The van der Waals surface area contributed by atoms with E-state index in [1.807, 2.05) is 42.0 Å². The summed E-state index contributed by atoms with van der Waals surface area (Å²) in [6.45, 7) is 2.63. The lowest BCUT2D eigenvalue weighted by molar-refractivity contribution is -0.121. The highest BCUT2D eigenvalue weighted by Crippen LogP contribution is 2.17. The summed E-state index contributed by atoms with van der Waals surface area (Å²) in [6.07, 6.45) is 5.73. The van der Waals surface area contributed by atoms with Gasteiger partial charge in [0.1, 0.15) is 0 Å². The lowest BCUT2D eigenvalue weighted by Crippen LogP contribution is -2.27. The first-order chi connectivity index (χ1) is 9.15. The molecule has 0 saturated carbocycles. The highest BCUT2D eigenvalue weighted by atomic mass is 79.9. The second-order valence-corrected chi connectivity index (χ2v) is 5.31. The van der Waals surface area contributed by atoms with Crippen LogP contribution in [0.3, 0.4) is 0 Å². The van der Waals surface area contributed by atoms with Gasteiger partial charge in [0, 0.05) is 29.8 Å². The molecule has 0 bridgehead atoms. The van der Waals surface area contributed by atoms with Crippen LogP contribution >= 0.6 is 15.9 Å². The molecule has 1 aromatic heterocycles. The van der Waals surface area contributed by atoms with E-state index in [-0.39, 0.29) is 11.9 Å². The van der Waals surface area contributed by atoms with Crippen LogP contribution in [0.1, 0.15) is 24.9 Å². The van der Waals surface area contributed by atoms with Crippen LogP contribution in [0, 0.1) is 0 Å². The fourth-order valence-electron chi connectivity index (χ4n) is 1.82. The number of nitrogens with one attached hydrogen (secondary N) is 1. The Morgan fingerprint density at radius 1 is 1.53 bits per heavy atom. The largest absolute Gasteiger partial charge is 0.350 e. The molecule has 0 aliphatic carbocycles. The molecular formula is C14H16BrN3O. The number of benzene rings is 1. The zero-order chi connectivity index (χ0) is 13.7. The normalized spacial score (nSPS) is 12.1. The Hall–Kier alpha value is -1.62. The van der Waals surface area contributed by atoms with E-state index in [0.717, 1.165) is 10.0 Å². The van der Waals surface area contributed by atoms with Gasteiger partial charge in [0.2, 0.25) is 5.91 Å². The van der Waals surface area contributed by atoms with Crippen molar-refractivity contribution in [3.05, 3.63) is 53.0 Å². The average molecular weight is 322 g/mol. The predicted octanol–water partition coefficient (Wildman–Crippen LogP) is 2.91. The topological polar surface area (TPSA) is 46.9 Å². The van der Waals surface area contributed by atoms with Crippen molar-refractivity contribution < 1.29 is 4.79 Å². The average Bonchev–Trinajstić information content (AvgIpc) is 2.89. The number of rotatable bonds is 5. The van der Waals surface area contributed by atoms with E-state index < -0.39 is 0 Å². The number of nitrogens with zero attached hydrogens (tertiary/aromatic N) is 2. The van der Waals surface area contributed by atoms with Crippen LogP contribution in [0.2, 0.25) is 0 Å². The van der Waals surface area contributed by atoms with E-state index in [4.69, 9.17) is 0 Å². The Morgan fingerprint density at radius 2 is 2.37 bits per heavy atom. The fraction of sp³-hybridized carbons (Fsp3) is 0.286. The number of amides is 1. The SMILES string of the molecule is CC(NC(=O)CCn1ccnc1)c1cccc(Br)c1. The van der Waals surface area contributed by atoms with E-state index in [1.165, 1.54) is 0 Å². The van der Waals surface area contributed by atoms with Gasteiger partial charge in [-0.2, -0.15) is 0 Å². The highest BCUT2D eigenvalue weighted by molar-refractivity contribution is 9.10. The molecule has 5 heteroatoms. The predicted molar refractivity (Wildman–Crippen MR) is 77.5 cm³/mol. The number of carbonyl (C=O) groups is 1. The molecular weight excluding hydrogens is 306 g/mol. The molecule has 1 amide bonds. The van der Waals surface area contributed by atoms with Crippen molar-refractivity contribution in [3.63, 3.8) is 0 Å². The third-order valence-corrected chi connectivity index (χ3v) is 3.38. The van der Waals surface area contributed by atoms with E-state index in [1.54, 1.807) is 12.5 Å². The molecule has 0 radical (unpaired) electrons. The first-order valence-electron chi connectivity index (χ1n) is 6.16. The minimum Gasteiger partial charge on any atom is -0.350 e. The van der Waals surface area contributed by atoms with E-state index >= 15 is 0 Å². The molecule has 1 unspecified atom stereocenters. The Morgan fingerprint density at radius 3 is 3.05 bits per heavy atom. The highest BCUT2D eigenvalue weighted by Gasteiger charge is 2.09. The van der Waals surface area contributed by atoms with Gasteiger partial charge in [-0.3, -0.25) is 4.79 Å². The molecule has 0 saturated heterocycles. The molecule has 1 atom stereocenters.